The van der Waals surface area contributed by atoms with E-state index in [1.165, 1.54) is 94.3 Å². The number of para-hydroxylation sites is 3. The van der Waals surface area contributed by atoms with Gasteiger partial charge >= 0.3 is 0 Å². The average molecular weight is 640 g/mol. The monoisotopic (exact) mass is 639 g/mol. The lowest BCUT2D eigenvalue weighted by Gasteiger charge is -2.50. The molecule has 50 heavy (non-hydrogen) atoms. The van der Waals surface area contributed by atoms with Crippen LogP contribution in [0, 0.1) is 0 Å². The molecule has 1 nitrogen and oxygen atoms in total. The Morgan fingerprint density at radius 2 is 1.00 bits per heavy atom. The fourth-order valence-corrected chi connectivity index (χ4v) is 10.6. The first kappa shape index (κ1) is 28.2. The van der Waals surface area contributed by atoms with E-state index in [4.69, 9.17) is 0 Å². The summed E-state index contributed by atoms with van der Waals surface area (Å²) in [5.41, 5.74) is 19.5. The van der Waals surface area contributed by atoms with Crippen LogP contribution in [0.3, 0.4) is 0 Å². The van der Waals surface area contributed by atoms with Gasteiger partial charge in [-0.25, -0.2) is 0 Å². The molecule has 1 aromatic heterocycles. The van der Waals surface area contributed by atoms with Crippen LogP contribution in [0.15, 0.2) is 152 Å². The lowest BCUT2D eigenvalue weighted by Crippen LogP contribution is -2.44. The molecule has 0 amide bonds. The molecule has 1 aliphatic heterocycles. The summed E-state index contributed by atoms with van der Waals surface area (Å²) in [6.07, 6.45) is 0. The normalized spacial score (nSPS) is 18.4. The van der Waals surface area contributed by atoms with Crippen molar-refractivity contribution in [3.63, 3.8) is 0 Å². The Hall–Kier alpha value is -5.66. The standard InChI is InChI=1S/C49H37N/c1-47(2)36-19-7-5-15-32(36)33-28-27-30(29-42(33)47)31-17-13-23-40-45(31)48(3,4)37-20-8-9-21-38(37)49(40)39-22-10-12-26-44(39)50-43-25-11-6-16-34(43)35-18-14-24-41(49)46(35)50/h5-29H,1-4H3. The molecule has 0 fully saturated rings. The Bertz CT molecular complexity index is 2770. The van der Waals surface area contributed by atoms with Gasteiger partial charge < -0.3 is 4.57 Å². The summed E-state index contributed by atoms with van der Waals surface area (Å²) in [7, 11) is 0. The highest BCUT2D eigenvalue weighted by molar-refractivity contribution is 6.12. The van der Waals surface area contributed by atoms with Crippen LogP contribution in [0.4, 0.5) is 0 Å². The lowest BCUT2D eigenvalue weighted by atomic mass is 9.52. The molecular weight excluding hydrogens is 603 g/mol. The predicted molar refractivity (Wildman–Crippen MR) is 208 cm³/mol. The van der Waals surface area contributed by atoms with Gasteiger partial charge in [-0.15, -0.1) is 0 Å². The zero-order valence-corrected chi connectivity index (χ0v) is 28.9. The molecule has 0 saturated carbocycles. The summed E-state index contributed by atoms with van der Waals surface area (Å²) in [5, 5.41) is 2.61. The van der Waals surface area contributed by atoms with Crippen molar-refractivity contribution in [2.75, 3.05) is 0 Å². The van der Waals surface area contributed by atoms with Gasteiger partial charge in [0.2, 0.25) is 0 Å². The average Bonchev–Trinajstić information content (AvgIpc) is 3.61. The van der Waals surface area contributed by atoms with Crippen LogP contribution < -0.4 is 0 Å². The van der Waals surface area contributed by atoms with E-state index in [2.05, 4.69) is 184 Å². The van der Waals surface area contributed by atoms with Gasteiger partial charge in [-0.1, -0.05) is 161 Å². The van der Waals surface area contributed by atoms with Crippen LogP contribution in [0.1, 0.15) is 72.2 Å². The minimum Gasteiger partial charge on any atom is -0.309 e. The maximum atomic E-state index is 2.53. The largest absolute Gasteiger partial charge is 0.309 e. The first-order chi connectivity index (χ1) is 24.3. The van der Waals surface area contributed by atoms with Gasteiger partial charge in [0.25, 0.3) is 0 Å². The first-order valence-corrected chi connectivity index (χ1v) is 18.0. The van der Waals surface area contributed by atoms with Crippen molar-refractivity contribution in [3.05, 3.63) is 196 Å². The second-order valence-electron chi connectivity index (χ2n) is 15.7. The Kier molecular flexibility index (Phi) is 5.25. The quantitative estimate of drug-likeness (QED) is 0.168. The molecular formula is C49H37N. The van der Waals surface area contributed by atoms with Crippen LogP contribution >= 0.6 is 0 Å². The Morgan fingerprint density at radius 3 is 1.86 bits per heavy atom. The van der Waals surface area contributed by atoms with E-state index < -0.39 is 5.41 Å². The van der Waals surface area contributed by atoms with E-state index in [0.717, 1.165) is 0 Å². The van der Waals surface area contributed by atoms with Crippen LogP contribution in [0.25, 0.3) is 49.7 Å². The highest BCUT2D eigenvalue weighted by atomic mass is 15.0. The zero-order valence-electron chi connectivity index (χ0n) is 28.9. The SMILES string of the molecule is CC1(C)c2ccccc2-c2ccc(-c3cccc4c3C(C)(C)c3ccccc3C43c4ccccc4-n4c5ccccc5c5cccc3c54)cc21. The van der Waals surface area contributed by atoms with E-state index in [0.29, 0.717) is 0 Å². The molecule has 1 atom stereocenters. The summed E-state index contributed by atoms with van der Waals surface area (Å²) in [5.74, 6) is 0. The number of aromatic nitrogens is 1. The minimum atomic E-state index is -0.496. The van der Waals surface area contributed by atoms with Crippen LogP contribution in [0.5, 0.6) is 0 Å². The Morgan fingerprint density at radius 1 is 0.400 bits per heavy atom. The highest BCUT2D eigenvalue weighted by Gasteiger charge is 2.53. The third-order valence-electron chi connectivity index (χ3n) is 12.6. The van der Waals surface area contributed by atoms with Crippen molar-refractivity contribution in [1.29, 1.82) is 0 Å². The maximum Gasteiger partial charge on any atom is 0.0748 e. The van der Waals surface area contributed by atoms with Gasteiger partial charge in [0.15, 0.2) is 0 Å². The molecule has 0 saturated heterocycles. The van der Waals surface area contributed by atoms with Gasteiger partial charge in [-0.3, -0.25) is 0 Å². The van der Waals surface area contributed by atoms with E-state index in [1.807, 2.05) is 0 Å². The summed E-state index contributed by atoms with van der Waals surface area (Å²) in [6.45, 7) is 9.66. The number of hydrogen-bond donors (Lipinski definition) is 0. The van der Waals surface area contributed by atoms with Crippen LogP contribution in [-0.2, 0) is 16.2 Å². The fraction of sp³-hybridized carbons (Fsp3) is 0.143. The van der Waals surface area contributed by atoms with Crippen molar-refractivity contribution < 1.29 is 0 Å². The second-order valence-corrected chi connectivity index (χ2v) is 15.7. The van der Waals surface area contributed by atoms with Gasteiger partial charge in [0, 0.05) is 21.6 Å². The predicted octanol–water partition coefficient (Wildman–Crippen LogP) is 12.1. The second kappa shape index (κ2) is 9.31. The Balaban J connectivity index is 1.29. The molecule has 11 rings (SSSR count). The van der Waals surface area contributed by atoms with Crippen molar-refractivity contribution in [2.24, 2.45) is 0 Å². The van der Waals surface area contributed by atoms with E-state index in [9.17, 15) is 0 Å². The van der Waals surface area contributed by atoms with Crippen LogP contribution in [0.2, 0.25) is 0 Å². The summed E-state index contributed by atoms with van der Waals surface area (Å²) in [6, 6.07) is 57.8. The molecule has 0 N–H and O–H groups in total. The van der Waals surface area contributed by atoms with Gasteiger partial charge in [-0.2, -0.15) is 0 Å². The molecule has 0 bridgehead atoms. The van der Waals surface area contributed by atoms with Crippen molar-refractivity contribution in [2.45, 2.75) is 43.9 Å². The third kappa shape index (κ3) is 3.16. The highest BCUT2D eigenvalue weighted by Crippen LogP contribution is 2.62. The number of fused-ring (bicyclic) bond motifs is 14. The smallest absolute Gasteiger partial charge is 0.0748 e. The molecule has 238 valence electrons. The molecule has 0 radical (unpaired) electrons. The van der Waals surface area contributed by atoms with Gasteiger partial charge in [-0.05, 0) is 85.0 Å². The summed E-state index contributed by atoms with van der Waals surface area (Å²) < 4.78 is 2.53. The van der Waals surface area contributed by atoms with E-state index in [-0.39, 0.29) is 10.8 Å². The van der Waals surface area contributed by atoms with Crippen molar-refractivity contribution in [3.8, 4) is 27.9 Å². The third-order valence-corrected chi connectivity index (χ3v) is 12.6. The molecule has 1 heteroatoms. The van der Waals surface area contributed by atoms with Crippen LogP contribution in [-0.4, -0.2) is 4.57 Å². The molecule has 8 aromatic rings. The first-order valence-electron chi connectivity index (χ1n) is 18.0. The van der Waals surface area contributed by atoms with E-state index >= 15 is 0 Å². The maximum absolute atomic E-state index is 2.53. The van der Waals surface area contributed by atoms with Crippen molar-refractivity contribution >= 4 is 21.8 Å². The fourth-order valence-electron chi connectivity index (χ4n) is 10.6. The molecule has 2 aliphatic carbocycles. The molecule has 3 aliphatic rings. The number of benzene rings is 7. The summed E-state index contributed by atoms with van der Waals surface area (Å²) >= 11 is 0. The van der Waals surface area contributed by atoms with Gasteiger partial charge in [0.1, 0.15) is 0 Å². The number of nitrogens with zero attached hydrogens (tertiary/aromatic N) is 1. The van der Waals surface area contributed by atoms with E-state index in [1.54, 1.807) is 0 Å². The lowest BCUT2D eigenvalue weighted by molar-refractivity contribution is 0.558. The van der Waals surface area contributed by atoms with Gasteiger partial charge in [0.05, 0.1) is 22.1 Å². The van der Waals surface area contributed by atoms with Crippen molar-refractivity contribution in [1.82, 2.24) is 4.57 Å². The molecule has 1 unspecified atom stereocenters. The molecule has 1 spiro atoms. The summed E-state index contributed by atoms with van der Waals surface area (Å²) in [4.78, 5) is 0. The zero-order chi connectivity index (χ0) is 33.6. The topological polar surface area (TPSA) is 4.93 Å². The number of hydrogen-bond acceptors (Lipinski definition) is 0. The number of rotatable bonds is 1. The molecule has 2 heterocycles. The Labute approximate surface area is 293 Å². The molecule has 7 aromatic carbocycles. The minimum absolute atomic E-state index is 0.0640.